The van der Waals surface area contributed by atoms with Gasteiger partial charge in [0.25, 0.3) is 5.91 Å². The Morgan fingerprint density at radius 3 is 2.83 bits per heavy atom. The van der Waals surface area contributed by atoms with Gasteiger partial charge in [-0.15, -0.1) is 0 Å². The Balaban J connectivity index is 2.18. The van der Waals surface area contributed by atoms with Crippen molar-refractivity contribution in [3.63, 3.8) is 0 Å². The van der Waals surface area contributed by atoms with Crippen molar-refractivity contribution in [3.05, 3.63) is 35.1 Å². The molecule has 4 heteroatoms. The lowest BCUT2D eigenvalue weighted by Crippen LogP contribution is -2.34. The number of amides is 1. The van der Waals surface area contributed by atoms with Crippen molar-refractivity contribution in [2.24, 2.45) is 11.1 Å². The maximum Gasteiger partial charge on any atom is 0.254 e. The first-order chi connectivity index (χ1) is 8.45. The van der Waals surface area contributed by atoms with Crippen LogP contribution in [-0.4, -0.2) is 30.4 Å². The molecule has 1 aromatic carbocycles. The predicted octanol–water partition coefficient (Wildman–Crippen LogP) is 1.95. The van der Waals surface area contributed by atoms with Crippen molar-refractivity contribution in [2.75, 3.05) is 19.6 Å². The summed E-state index contributed by atoms with van der Waals surface area (Å²) >= 11 is 0. The highest BCUT2D eigenvalue weighted by atomic mass is 19.1. The molecule has 0 radical (unpaired) electrons. The van der Waals surface area contributed by atoms with E-state index in [1.165, 1.54) is 12.1 Å². The average Bonchev–Trinajstić information content (AvgIpc) is 2.72. The van der Waals surface area contributed by atoms with Gasteiger partial charge >= 0.3 is 0 Å². The number of halogens is 1. The third-order valence-electron chi connectivity index (χ3n) is 3.76. The van der Waals surface area contributed by atoms with Crippen LogP contribution in [0.5, 0.6) is 0 Å². The molecule has 0 saturated carbocycles. The zero-order valence-electron chi connectivity index (χ0n) is 10.9. The van der Waals surface area contributed by atoms with Gasteiger partial charge in [-0.2, -0.15) is 0 Å². The number of likely N-dealkylation sites (tertiary alicyclic amines) is 1. The first kappa shape index (κ1) is 13.0. The van der Waals surface area contributed by atoms with E-state index in [0.717, 1.165) is 13.0 Å². The van der Waals surface area contributed by atoms with Gasteiger partial charge < -0.3 is 10.6 Å². The number of nitrogens with two attached hydrogens (primary N) is 1. The van der Waals surface area contributed by atoms with E-state index in [2.05, 4.69) is 6.92 Å². The largest absolute Gasteiger partial charge is 0.338 e. The van der Waals surface area contributed by atoms with Crippen molar-refractivity contribution in [2.45, 2.75) is 20.3 Å². The molecule has 0 aliphatic carbocycles. The minimum atomic E-state index is -0.308. The summed E-state index contributed by atoms with van der Waals surface area (Å²) in [6, 6.07) is 4.29. The van der Waals surface area contributed by atoms with Gasteiger partial charge in [0, 0.05) is 18.7 Å². The molecule has 0 aromatic heterocycles. The third kappa shape index (κ3) is 2.38. The minimum Gasteiger partial charge on any atom is -0.338 e. The second kappa shape index (κ2) is 4.69. The first-order valence-corrected chi connectivity index (χ1v) is 6.21. The van der Waals surface area contributed by atoms with Crippen LogP contribution in [0.3, 0.4) is 0 Å². The van der Waals surface area contributed by atoms with E-state index in [1.54, 1.807) is 13.0 Å². The molecule has 18 heavy (non-hydrogen) atoms. The molecule has 1 unspecified atom stereocenters. The Labute approximate surface area is 107 Å². The molecule has 98 valence electrons. The Bertz CT molecular complexity index is 475. The molecular formula is C14H19FN2O. The Hall–Kier alpha value is -1.42. The van der Waals surface area contributed by atoms with Crippen LogP contribution in [-0.2, 0) is 0 Å². The van der Waals surface area contributed by atoms with Crippen molar-refractivity contribution >= 4 is 5.91 Å². The first-order valence-electron chi connectivity index (χ1n) is 6.21. The summed E-state index contributed by atoms with van der Waals surface area (Å²) in [4.78, 5) is 14.2. The van der Waals surface area contributed by atoms with Crippen LogP contribution in [0.2, 0.25) is 0 Å². The molecule has 1 atom stereocenters. The predicted molar refractivity (Wildman–Crippen MR) is 68.8 cm³/mol. The molecule has 1 aliphatic heterocycles. The molecular weight excluding hydrogens is 231 g/mol. The highest BCUT2D eigenvalue weighted by Gasteiger charge is 2.35. The SMILES string of the molecule is Cc1cc(F)ccc1C(=O)N1CCC(C)(CN)C1. The molecule has 1 fully saturated rings. The van der Waals surface area contributed by atoms with Gasteiger partial charge in [-0.3, -0.25) is 4.79 Å². The second-order valence-corrected chi connectivity index (χ2v) is 5.45. The van der Waals surface area contributed by atoms with Crippen LogP contribution in [0, 0.1) is 18.2 Å². The number of carbonyl (C=O) groups is 1. The standard InChI is InChI=1S/C14H19FN2O/c1-10-7-11(15)3-4-12(10)13(18)17-6-5-14(2,8-16)9-17/h3-4,7H,5-6,8-9,16H2,1-2H3. The fourth-order valence-electron chi connectivity index (χ4n) is 2.40. The average molecular weight is 250 g/mol. The second-order valence-electron chi connectivity index (χ2n) is 5.45. The molecule has 1 aromatic rings. The highest BCUT2D eigenvalue weighted by molar-refractivity contribution is 5.95. The summed E-state index contributed by atoms with van der Waals surface area (Å²) < 4.78 is 13.0. The summed E-state index contributed by atoms with van der Waals surface area (Å²) in [6.45, 7) is 5.84. The van der Waals surface area contributed by atoms with Crippen molar-refractivity contribution in [1.82, 2.24) is 4.90 Å². The van der Waals surface area contributed by atoms with E-state index >= 15 is 0 Å². The van der Waals surface area contributed by atoms with Gasteiger partial charge in [-0.05, 0) is 49.1 Å². The highest BCUT2D eigenvalue weighted by Crippen LogP contribution is 2.29. The lowest BCUT2D eigenvalue weighted by Gasteiger charge is -2.23. The van der Waals surface area contributed by atoms with Gasteiger partial charge in [-0.1, -0.05) is 6.92 Å². The Kier molecular flexibility index (Phi) is 3.39. The van der Waals surface area contributed by atoms with E-state index in [4.69, 9.17) is 5.73 Å². The number of nitrogens with zero attached hydrogens (tertiary/aromatic N) is 1. The molecule has 2 N–H and O–H groups in total. The van der Waals surface area contributed by atoms with Crippen molar-refractivity contribution in [1.29, 1.82) is 0 Å². The zero-order chi connectivity index (χ0) is 13.3. The van der Waals surface area contributed by atoms with Crippen LogP contribution in [0.4, 0.5) is 4.39 Å². The molecule has 2 rings (SSSR count). The lowest BCUT2D eigenvalue weighted by atomic mass is 9.90. The number of benzene rings is 1. The number of hydrogen-bond acceptors (Lipinski definition) is 2. The molecule has 1 saturated heterocycles. The zero-order valence-corrected chi connectivity index (χ0v) is 10.9. The van der Waals surface area contributed by atoms with E-state index < -0.39 is 0 Å². The number of carbonyl (C=O) groups excluding carboxylic acids is 1. The van der Waals surface area contributed by atoms with E-state index in [1.807, 2.05) is 4.90 Å². The van der Waals surface area contributed by atoms with Crippen LogP contribution in [0.1, 0.15) is 29.3 Å². The van der Waals surface area contributed by atoms with Gasteiger partial charge in [0.15, 0.2) is 0 Å². The van der Waals surface area contributed by atoms with E-state index in [-0.39, 0.29) is 17.1 Å². The maximum atomic E-state index is 13.0. The molecule has 1 heterocycles. The van der Waals surface area contributed by atoms with Crippen LogP contribution >= 0.6 is 0 Å². The summed E-state index contributed by atoms with van der Waals surface area (Å²) in [7, 11) is 0. The Morgan fingerprint density at radius 2 is 2.28 bits per heavy atom. The smallest absolute Gasteiger partial charge is 0.254 e. The minimum absolute atomic E-state index is 0.0175. The topological polar surface area (TPSA) is 46.3 Å². The molecule has 1 aliphatic rings. The normalized spacial score (nSPS) is 23.4. The van der Waals surface area contributed by atoms with Gasteiger partial charge in [0.2, 0.25) is 0 Å². The van der Waals surface area contributed by atoms with Crippen LogP contribution in [0.25, 0.3) is 0 Å². The van der Waals surface area contributed by atoms with Crippen LogP contribution in [0.15, 0.2) is 18.2 Å². The van der Waals surface area contributed by atoms with Gasteiger partial charge in [0.1, 0.15) is 5.82 Å². The van der Waals surface area contributed by atoms with E-state index in [9.17, 15) is 9.18 Å². The van der Waals surface area contributed by atoms with Crippen LogP contribution < -0.4 is 5.73 Å². The molecule has 0 spiro atoms. The fourth-order valence-corrected chi connectivity index (χ4v) is 2.40. The van der Waals surface area contributed by atoms with Gasteiger partial charge in [-0.25, -0.2) is 4.39 Å². The van der Waals surface area contributed by atoms with Crippen molar-refractivity contribution < 1.29 is 9.18 Å². The third-order valence-corrected chi connectivity index (χ3v) is 3.76. The summed E-state index contributed by atoms with van der Waals surface area (Å²) in [5.41, 5.74) is 7.01. The summed E-state index contributed by atoms with van der Waals surface area (Å²) in [6.07, 6.45) is 0.926. The number of hydrogen-bond donors (Lipinski definition) is 1. The lowest BCUT2D eigenvalue weighted by molar-refractivity contribution is 0.0776. The maximum absolute atomic E-state index is 13.0. The quantitative estimate of drug-likeness (QED) is 0.872. The molecule has 1 amide bonds. The summed E-state index contributed by atoms with van der Waals surface area (Å²) in [5, 5.41) is 0. The monoisotopic (exact) mass is 250 g/mol. The van der Waals surface area contributed by atoms with Gasteiger partial charge in [0.05, 0.1) is 0 Å². The molecule has 0 bridgehead atoms. The molecule has 3 nitrogen and oxygen atoms in total. The van der Waals surface area contributed by atoms with Crippen molar-refractivity contribution in [3.8, 4) is 0 Å². The fraction of sp³-hybridized carbons (Fsp3) is 0.500. The van der Waals surface area contributed by atoms with E-state index in [0.29, 0.717) is 24.2 Å². The number of aryl methyl sites for hydroxylation is 1. The summed E-state index contributed by atoms with van der Waals surface area (Å²) in [5.74, 6) is -0.332. The number of rotatable bonds is 2. The Morgan fingerprint density at radius 1 is 1.56 bits per heavy atom.